The number of rotatable bonds is 1. The summed E-state index contributed by atoms with van der Waals surface area (Å²) in [4.78, 5) is 0. The van der Waals surface area contributed by atoms with Crippen LogP contribution in [0.15, 0.2) is 24.3 Å². The van der Waals surface area contributed by atoms with Crippen molar-refractivity contribution in [1.82, 2.24) is 5.32 Å². The molecule has 1 atom stereocenters. The van der Waals surface area contributed by atoms with E-state index in [1.54, 1.807) is 24.3 Å². The van der Waals surface area contributed by atoms with E-state index in [9.17, 15) is 4.39 Å². The van der Waals surface area contributed by atoms with Gasteiger partial charge in [0.2, 0.25) is 0 Å². The van der Waals surface area contributed by atoms with Crippen LogP contribution in [0.25, 0.3) is 0 Å². The SMILES string of the molecule is F[C@@]1(c2cccc(Cl)c2)CCNC1. The van der Waals surface area contributed by atoms with Gasteiger partial charge in [-0.2, -0.15) is 0 Å². The van der Waals surface area contributed by atoms with Gasteiger partial charge in [0.25, 0.3) is 0 Å². The summed E-state index contributed by atoms with van der Waals surface area (Å²) in [5.74, 6) is 0. The molecular formula is C10H11ClFN. The van der Waals surface area contributed by atoms with Gasteiger partial charge in [0, 0.05) is 11.6 Å². The van der Waals surface area contributed by atoms with Crippen molar-refractivity contribution in [3.8, 4) is 0 Å². The van der Waals surface area contributed by atoms with Gasteiger partial charge in [-0.1, -0.05) is 23.7 Å². The minimum absolute atomic E-state index is 0.396. The van der Waals surface area contributed by atoms with Gasteiger partial charge < -0.3 is 5.32 Å². The van der Waals surface area contributed by atoms with Crippen LogP contribution < -0.4 is 5.32 Å². The largest absolute Gasteiger partial charge is 0.313 e. The van der Waals surface area contributed by atoms with E-state index in [1.807, 2.05) is 0 Å². The van der Waals surface area contributed by atoms with Crippen LogP contribution in [0.4, 0.5) is 4.39 Å². The number of alkyl halides is 1. The summed E-state index contributed by atoms with van der Waals surface area (Å²) in [6, 6.07) is 7.04. The molecule has 0 bridgehead atoms. The number of nitrogens with one attached hydrogen (secondary N) is 1. The molecule has 3 heteroatoms. The van der Waals surface area contributed by atoms with Crippen molar-refractivity contribution in [2.24, 2.45) is 0 Å². The number of halogens is 2. The highest BCUT2D eigenvalue weighted by atomic mass is 35.5. The van der Waals surface area contributed by atoms with Gasteiger partial charge in [-0.15, -0.1) is 0 Å². The molecule has 70 valence electrons. The van der Waals surface area contributed by atoms with Crippen molar-refractivity contribution >= 4 is 11.6 Å². The van der Waals surface area contributed by atoms with E-state index in [0.717, 1.165) is 6.54 Å². The molecule has 1 N–H and O–H groups in total. The molecule has 0 unspecified atom stereocenters. The molecule has 0 spiro atoms. The third-order valence-electron chi connectivity index (χ3n) is 2.45. The van der Waals surface area contributed by atoms with E-state index in [2.05, 4.69) is 5.32 Å². The number of hydrogen-bond donors (Lipinski definition) is 1. The highest BCUT2D eigenvalue weighted by Crippen LogP contribution is 2.33. The second-order valence-electron chi connectivity index (χ2n) is 3.40. The first-order chi connectivity index (χ1) is 6.21. The molecule has 2 rings (SSSR count). The fourth-order valence-corrected chi connectivity index (χ4v) is 1.87. The minimum atomic E-state index is -1.22. The molecule has 1 heterocycles. The van der Waals surface area contributed by atoms with Crippen LogP contribution in [0.3, 0.4) is 0 Å². The van der Waals surface area contributed by atoms with Gasteiger partial charge in [-0.25, -0.2) is 4.39 Å². The van der Waals surface area contributed by atoms with E-state index in [0.29, 0.717) is 23.6 Å². The summed E-state index contributed by atoms with van der Waals surface area (Å²) in [7, 11) is 0. The lowest BCUT2D eigenvalue weighted by Gasteiger charge is -2.18. The third kappa shape index (κ3) is 1.69. The van der Waals surface area contributed by atoms with Crippen LogP contribution in [0, 0.1) is 0 Å². The van der Waals surface area contributed by atoms with Crippen molar-refractivity contribution < 1.29 is 4.39 Å². The second kappa shape index (κ2) is 3.28. The van der Waals surface area contributed by atoms with E-state index in [1.165, 1.54) is 0 Å². The van der Waals surface area contributed by atoms with Crippen LogP contribution in [-0.2, 0) is 5.67 Å². The summed E-state index contributed by atoms with van der Waals surface area (Å²) in [6.45, 7) is 1.14. The van der Waals surface area contributed by atoms with Crippen LogP contribution in [-0.4, -0.2) is 13.1 Å². The first kappa shape index (κ1) is 8.97. The van der Waals surface area contributed by atoms with Crippen molar-refractivity contribution in [2.45, 2.75) is 12.1 Å². The lowest BCUT2D eigenvalue weighted by molar-refractivity contribution is 0.193. The average Bonchev–Trinajstić information content (AvgIpc) is 2.54. The quantitative estimate of drug-likeness (QED) is 0.733. The fourth-order valence-electron chi connectivity index (χ4n) is 1.68. The Morgan fingerprint density at radius 3 is 2.92 bits per heavy atom. The molecule has 1 aromatic carbocycles. The van der Waals surface area contributed by atoms with Gasteiger partial charge in [0.1, 0.15) is 5.67 Å². The van der Waals surface area contributed by atoms with Crippen LogP contribution in [0.1, 0.15) is 12.0 Å². The maximum Gasteiger partial charge on any atom is 0.149 e. The molecule has 1 aliphatic rings. The van der Waals surface area contributed by atoms with E-state index in [-0.39, 0.29) is 0 Å². The van der Waals surface area contributed by atoms with Gasteiger partial charge in [0.05, 0.1) is 0 Å². The molecule has 1 aliphatic heterocycles. The molecule has 0 amide bonds. The van der Waals surface area contributed by atoms with Crippen molar-refractivity contribution in [2.75, 3.05) is 13.1 Å². The van der Waals surface area contributed by atoms with Gasteiger partial charge in [-0.3, -0.25) is 0 Å². The van der Waals surface area contributed by atoms with E-state index < -0.39 is 5.67 Å². The Morgan fingerprint density at radius 1 is 1.46 bits per heavy atom. The summed E-state index contributed by atoms with van der Waals surface area (Å²) in [5, 5.41) is 3.61. The van der Waals surface area contributed by atoms with Gasteiger partial charge in [0.15, 0.2) is 0 Å². The summed E-state index contributed by atoms with van der Waals surface area (Å²) in [6.07, 6.45) is 0.535. The lowest BCUT2D eigenvalue weighted by Crippen LogP contribution is -2.23. The van der Waals surface area contributed by atoms with Crippen LogP contribution >= 0.6 is 11.6 Å². The maximum atomic E-state index is 14.1. The highest BCUT2D eigenvalue weighted by molar-refractivity contribution is 6.30. The molecule has 1 nitrogen and oxygen atoms in total. The Kier molecular flexibility index (Phi) is 2.26. The zero-order chi connectivity index (χ0) is 9.31. The average molecular weight is 200 g/mol. The lowest BCUT2D eigenvalue weighted by atomic mass is 9.95. The minimum Gasteiger partial charge on any atom is -0.313 e. The molecule has 0 aliphatic carbocycles. The molecular weight excluding hydrogens is 189 g/mol. The Hall–Kier alpha value is -0.600. The smallest absolute Gasteiger partial charge is 0.149 e. The predicted molar refractivity (Wildman–Crippen MR) is 51.7 cm³/mol. The van der Waals surface area contributed by atoms with E-state index in [4.69, 9.17) is 11.6 Å². The molecule has 0 saturated carbocycles. The zero-order valence-electron chi connectivity index (χ0n) is 7.19. The molecule has 1 saturated heterocycles. The first-order valence-corrected chi connectivity index (χ1v) is 4.74. The molecule has 0 radical (unpaired) electrons. The van der Waals surface area contributed by atoms with Crippen LogP contribution in [0.2, 0.25) is 5.02 Å². The van der Waals surface area contributed by atoms with Crippen molar-refractivity contribution in [1.29, 1.82) is 0 Å². The Balaban J connectivity index is 2.33. The van der Waals surface area contributed by atoms with Gasteiger partial charge >= 0.3 is 0 Å². The summed E-state index contributed by atoms with van der Waals surface area (Å²) < 4.78 is 14.1. The topological polar surface area (TPSA) is 12.0 Å². The first-order valence-electron chi connectivity index (χ1n) is 4.36. The summed E-state index contributed by atoms with van der Waals surface area (Å²) in [5.41, 5.74) is -0.532. The summed E-state index contributed by atoms with van der Waals surface area (Å²) >= 11 is 5.80. The second-order valence-corrected chi connectivity index (χ2v) is 3.84. The standard InChI is InChI=1S/C10H11ClFN/c11-9-3-1-2-8(6-9)10(12)4-5-13-7-10/h1-3,6,13H,4-5,7H2/t10-/m0/s1. The van der Waals surface area contributed by atoms with Crippen molar-refractivity contribution in [3.63, 3.8) is 0 Å². The monoisotopic (exact) mass is 199 g/mol. The van der Waals surface area contributed by atoms with Crippen LogP contribution in [0.5, 0.6) is 0 Å². The van der Waals surface area contributed by atoms with E-state index >= 15 is 0 Å². The number of benzene rings is 1. The Bertz CT molecular complexity index is 308. The molecule has 1 aromatic rings. The fraction of sp³-hybridized carbons (Fsp3) is 0.400. The molecule has 13 heavy (non-hydrogen) atoms. The third-order valence-corrected chi connectivity index (χ3v) is 2.68. The predicted octanol–water partition coefficient (Wildman–Crippen LogP) is 2.50. The maximum absolute atomic E-state index is 14.1. The normalized spacial score (nSPS) is 27.8. The zero-order valence-corrected chi connectivity index (χ0v) is 7.94. The Labute approximate surface area is 81.9 Å². The molecule has 0 aromatic heterocycles. The van der Waals surface area contributed by atoms with Crippen molar-refractivity contribution in [3.05, 3.63) is 34.9 Å². The Morgan fingerprint density at radius 2 is 2.31 bits per heavy atom. The van der Waals surface area contributed by atoms with Gasteiger partial charge in [-0.05, 0) is 30.7 Å². The number of hydrogen-bond acceptors (Lipinski definition) is 1. The highest BCUT2D eigenvalue weighted by Gasteiger charge is 2.35. The molecule has 1 fully saturated rings.